The van der Waals surface area contributed by atoms with Gasteiger partial charge in [-0.15, -0.1) is 0 Å². The maximum absolute atomic E-state index is 12.2. The number of anilines is 2. The highest BCUT2D eigenvalue weighted by atomic mass is 33.1. The standard InChI is InChI=1S/C26H38N8O4S4/c1-17(33(15-35)13-21-11-29-19(3)31-25(21)27)23(7-9-41(5)37)39-40-24(8-10-42(6)38)18(2)34(16-36)14-22-12-30-20(4)32-26(22)28/h11-12,15-16H,7-10,13-14H2,1-6H3,(H2,27,29,31)(H2,28,30,32)/b23-17+,24-18+. The van der Waals surface area contributed by atoms with Gasteiger partial charge in [0.1, 0.15) is 23.3 Å². The van der Waals surface area contributed by atoms with E-state index in [1.165, 1.54) is 31.4 Å². The lowest BCUT2D eigenvalue weighted by molar-refractivity contribution is -0.117. The van der Waals surface area contributed by atoms with Crippen molar-refractivity contribution in [2.24, 2.45) is 0 Å². The maximum Gasteiger partial charge on any atom is 0.214 e. The summed E-state index contributed by atoms with van der Waals surface area (Å²) < 4.78 is 24.0. The van der Waals surface area contributed by atoms with Crippen LogP contribution in [0.15, 0.2) is 33.6 Å². The number of aromatic nitrogens is 4. The van der Waals surface area contributed by atoms with Crippen molar-refractivity contribution < 1.29 is 18.0 Å². The zero-order valence-electron chi connectivity index (χ0n) is 24.7. The van der Waals surface area contributed by atoms with E-state index in [2.05, 4.69) is 19.9 Å². The highest BCUT2D eigenvalue weighted by molar-refractivity contribution is 8.79. The van der Waals surface area contributed by atoms with E-state index in [1.807, 2.05) is 13.8 Å². The molecule has 0 saturated carbocycles. The second kappa shape index (κ2) is 17.3. The minimum Gasteiger partial charge on any atom is -0.383 e. The molecule has 230 valence electrons. The Kier molecular flexibility index (Phi) is 14.6. The molecule has 2 amide bonds. The first-order valence-corrected chi connectivity index (χ1v) is 18.4. The van der Waals surface area contributed by atoms with Crippen LogP contribution in [0.5, 0.6) is 0 Å². The summed E-state index contributed by atoms with van der Waals surface area (Å²) in [5.41, 5.74) is 14.7. The predicted molar refractivity (Wildman–Crippen MR) is 173 cm³/mol. The van der Waals surface area contributed by atoms with Gasteiger partial charge in [-0.05, 0) is 40.5 Å². The molecule has 0 aliphatic carbocycles. The molecular formula is C26H38N8O4S4. The highest BCUT2D eigenvalue weighted by Crippen LogP contribution is 2.43. The first-order chi connectivity index (χ1) is 19.9. The molecule has 2 unspecified atom stereocenters. The summed E-state index contributed by atoms with van der Waals surface area (Å²) >= 11 is 0. The molecule has 42 heavy (non-hydrogen) atoms. The molecule has 0 radical (unpaired) electrons. The molecule has 0 saturated heterocycles. The summed E-state index contributed by atoms with van der Waals surface area (Å²) in [4.78, 5) is 45.8. The van der Waals surface area contributed by atoms with E-state index in [4.69, 9.17) is 11.5 Å². The quantitative estimate of drug-likeness (QED) is 0.188. The van der Waals surface area contributed by atoms with Crippen molar-refractivity contribution in [2.45, 2.75) is 53.6 Å². The molecule has 2 rings (SSSR count). The average Bonchev–Trinajstić information content (AvgIpc) is 2.93. The third kappa shape index (κ3) is 11.1. The van der Waals surface area contributed by atoms with Gasteiger partial charge in [0.25, 0.3) is 0 Å². The molecule has 0 aromatic carbocycles. The van der Waals surface area contributed by atoms with Crippen LogP contribution in [0.1, 0.15) is 49.5 Å². The number of hydrogen-bond acceptors (Lipinski definition) is 12. The van der Waals surface area contributed by atoms with Crippen molar-refractivity contribution in [1.29, 1.82) is 0 Å². The Balaban J connectivity index is 2.42. The van der Waals surface area contributed by atoms with Crippen LogP contribution in [-0.4, -0.2) is 75.0 Å². The van der Waals surface area contributed by atoms with Crippen LogP contribution in [0.2, 0.25) is 0 Å². The minimum absolute atomic E-state index is 0.168. The maximum atomic E-state index is 12.2. The van der Waals surface area contributed by atoms with Gasteiger partial charge in [0.05, 0.1) is 13.1 Å². The fraction of sp³-hybridized carbons (Fsp3) is 0.462. The molecule has 12 nitrogen and oxygen atoms in total. The molecule has 0 fully saturated rings. The number of hydrogen-bond donors (Lipinski definition) is 2. The Morgan fingerprint density at radius 1 is 0.786 bits per heavy atom. The number of carbonyl (C=O) groups excluding carboxylic acids is 2. The van der Waals surface area contributed by atoms with E-state index in [0.29, 0.717) is 83.0 Å². The number of nitrogens with two attached hydrogens (primary N) is 2. The second-order valence-corrected chi connectivity index (χ2v) is 14.8. The number of nitrogen functional groups attached to an aromatic ring is 2. The summed E-state index contributed by atoms with van der Waals surface area (Å²) in [7, 11) is 0.691. The summed E-state index contributed by atoms with van der Waals surface area (Å²) in [6.45, 7) is 7.43. The lowest BCUT2D eigenvalue weighted by Crippen LogP contribution is -2.22. The SMILES string of the molecule is C/C(=C(/CCS(C)=O)SS/C(CCS(C)=O)=C(\C)N(C=O)Cc1cnc(C)nc1N)N(C=O)Cc1cnc(C)nc1N. The number of nitrogens with zero attached hydrogens (tertiary/aromatic N) is 6. The first-order valence-electron chi connectivity index (χ1n) is 12.8. The van der Waals surface area contributed by atoms with Gasteiger partial charge in [-0.1, -0.05) is 21.6 Å². The molecule has 2 aromatic rings. The van der Waals surface area contributed by atoms with Crippen LogP contribution in [0.3, 0.4) is 0 Å². The molecular weight excluding hydrogens is 617 g/mol. The summed E-state index contributed by atoms with van der Waals surface area (Å²) in [5, 5.41) is 0. The van der Waals surface area contributed by atoms with E-state index in [9.17, 15) is 18.0 Å². The molecule has 16 heteroatoms. The van der Waals surface area contributed by atoms with Gasteiger partial charge in [0, 0.05) is 90.3 Å². The van der Waals surface area contributed by atoms with Crippen LogP contribution in [-0.2, 0) is 44.3 Å². The molecule has 0 aliphatic rings. The normalized spacial score (nSPS) is 14.0. The molecule has 2 aromatic heterocycles. The average molecular weight is 655 g/mol. The van der Waals surface area contributed by atoms with Gasteiger partial charge in [0.15, 0.2) is 0 Å². The van der Waals surface area contributed by atoms with E-state index in [0.717, 1.165) is 9.81 Å². The molecule has 2 atom stereocenters. The van der Waals surface area contributed by atoms with E-state index >= 15 is 0 Å². The van der Waals surface area contributed by atoms with Crippen molar-refractivity contribution in [2.75, 3.05) is 35.5 Å². The lowest BCUT2D eigenvalue weighted by atomic mass is 10.2. The van der Waals surface area contributed by atoms with Gasteiger partial charge < -0.3 is 21.3 Å². The van der Waals surface area contributed by atoms with Crippen molar-refractivity contribution in [1.82, 2.24) is 29.7 Å². The van der Waals surface area contributed by atoms with Gasteiger partial charge in [0.2, 0.25) is 12.8 Å². The molecule has 0 aliphatic heterocycles. The van der Waals surface area contributed by atoms with Crippen LogP contribution < -0.4 is 11.5 Å². The zero-order valence-corrected chi connectivity index (χ0v) is 27.9. The highest BCUT2D eigenvalue weighted by Gasteiger charge is 2.19. The first kappa shape index (κ1) is 35.4. The van der Waals surface area contributed by atoms with Crippen LogP contribution >= 0.6 is 21.6 Å². The Morgan fingerprint density at radius 2 is 1.14 bits per heavy atom. The smallest absolute Gasteiger partial charge is 0.214 e. The molecule has 0 bridgehead atoms. The van der Waals surface area contributed by atoms with Gasteiger partial charge in [-0.2, -0.15) is 0 Å². The number of amides is 2. The Bertz CT molecular complexity index is 1280. The van der Waals surface area contributed by atoms with E-state index in [1.54, 1.807) is 38.8 Å². The van der Waals surface area contributed by atoms with Crippen molar-refractivity contribution in [3.8, 4) is 0 Å². The van der Waals surface area contributed by atoms with Gasteiger partial charge >= 0.3 is 0 Å². The topological polar surface area (TPSA) is 178 Å². The summed E-state index contributed by atoms with van der Waals surface area (Å²) in [6.07, 6.45) is 8.79. The van der Waals surface area contributed by atoms with Crippen molar-refractivity contribution in [3.63, 3.8) is 0 Å². The van der Waals surface area contributed by atoms with Crippen LogP contribution in [0.4, 0.5) is 11.6 Å². The summed E-state index contributed by atoms with van der Waals surface area (Å²) in [5.74, 6) is 2.44. The third-order valence-electron chi connectivity index (χ3n) is 6.12. The molecule has 4 N–H and O–H groups in total. The van der Waals surface area contributed by atoms with Crippen molar-refractivity contribution in [3.05, 3.63) is 56.4 Å². The Labute approximate surface area is 259 Å². The minimum atomic E-state index is -1.06. The largest absolute Gasteiger partial charge is 0.383 e. The fourth-order valence-corrected chi connectivity index (χ4v) is 7.68. The molecule has 2 heterocycles. The van der Waals surface area contributed by atoms with Crippen molar-refractivity contribution >= 4 is 67.6 Å². The number of carbonyl (C=O) groups is 2. The van der Waals surface area contributed by atoms with E-state index in [-0.39, 0.29) is 13.1 Å². The van der Waals surface area contributed by atoms with Crippen LogP contribution in [0, 0.1) is 13.8 Å². The van der Waals surface area contributed by atoms with Crippen LogP contribution in [0.25, 0.3) is 0 Å². The fourth-order valence-electron chi connectivity index (χ4n) is 3.56. The number of rotatable bonds is 17. The lowest BCUT2D eigenvalue weighted by Gasteiger charge is -2.24. The summed E-state index contributed by atoms with van der Waals surface area (Å²) in [6, 6.07) is 0. The van der Waals surface area contributed by atoms with Gasteiger partial charge in [-0.25, -0.2) is 19.9 Å². The van der Waals surface area contributed by atoms with E-state index < -0.39 is 21.6 Å². The Morgan fingerprint density at radius 3 is 1.43 bits per heavy atom. The Hall–Kier alpha value is -2.82. The zero-order chi connectivity index (χ0) is 31.4. The third-order valence-corrected chi connectivity index (χ3v) is 10.6. The van der Waals surface area contributed by atoms with Gasteiger partial charge in [-0.3, -0.25) is 18.0 Å². The monoisotopic (exact) mass is 654 g/mol. The second-order valence-electron chi connectivity index (χ2n) is 9.36. The number of allylic oxidation sites excluding steroid dienone is 4. The number of aryl methyl sites for hydroxylation is 2. The predicted octanol–water partition coefficient (Wildman–Crippen LogP) is 3.05. The molecule has 0 spiro atoms.